The van der Waals surface area contributed by atoms with Crippen LogP contribution in [0.15, 0.2) is 47.4 Å². The molecule has 7 heteroatoms. The summed E-state index contributed by atoms with van der Waals surface area (Å²) in [5.41, 5.74) is 2.11. The van der Waals surface area contributed by atoms with Gasteiger partial charge >= 0.3 is 0 Å². The van der Waals surface area contributed by atoms with E-state index in [1.165, 1.54) is 6.07 Å². The Kier molecular flexibility index (Phi) is 6.17. The summed E-state index contributed by atoms with van der Waals surface area (Å²) in [6.07, 6.45) is 0. The molecule has 2 N–H and O–H groups in total. The number of carbonyl (C=O) groups is 1. The van der Waals surface area contributed by atoms with Crippen LogP contribution in [-0.2, 0) is 14.8 Å². The van der Waals surface area contributed by atoms with Crippen molar-refractivity contribution in [3.63, 3.8) is 0 Å². The maximum atomic E-state index is 12.4. The van der Waals surface area contributed by atoms with Gasteiger partial charge in [-0.2, -0.15) is 0 Å². The van der Waals surface area contributed by atoms with Gasteiger partial charge in [-0.15, -0.1) is 0 Å². The number of para-hydroxylation sites is 2. The van der Waals surface area contributed by atoms with E-state index in [1.807, 2.05) is 13.8 Å². The number of hydrogen-bond acceptors (Lipinski definition) is 4. The Labute approximate surface area is 148 Å². The second-order valence-corrected chi connectivity index (χ2v) is 7.31. The van der Waals surface area contributed by atoms with Crippen LogP contribution < -0.4 is 14.8 Å². The third kappa shape index (κ3) is 5.04. The Morgan fingerprint density at radius 1 is 1.12 bits per heavy atom. The number of hydrogen-bond donors (Lipinski definition) is 2. The molecule has 25 heavy (non-hydrogen) atoms. The fourth-order valence-corrected chi connectivity index (χ4v) is 3.59. The lowest BCUT2D eigenvalue weighted by Gasteiger charge is -2.12. The molecule has 134 valence electrons. The van der Waals surface area contributed by atoms with Gasteiger partial charge in [0.15, 0.2) is 0 Å². The molecule has 0 aliphatic carbocycles. The third-order valence-electron chi connectivity index (χ3n) is 3.50. The van der Waals surface area contributed by atoms with Gasteiger partial charge in [-0.05, 0) is 44.5 Å². The largest absolute Gasteiger partial charge is 0.492 e. The Hall–Kier alpha value is -2.38. The summed E-state index contributed by atoms with van der Waals surface area (Å²) in [6.45, 7) is 5.55. The number of benzene rings is 2. The summed E-state index contributed by atoms with van der Waals surface area (Å²) in [5, 5.41) is 2.65. The predicted molar refractivity (Wildman–Crippen MR) is 97.3 cm³/mol. The minimum atomic E-state index is -3.76. The van der Waals surface area contributed by atoms with Gasteiger partial charge in [0, 0.05) is 0 Å². The quantitative estimate of drug-likeness (QED) is 0.793. The molecule has 0 aliphatic rings. The lowest BCUT2D eigenvalue weighted by Crippen LogP contribution is -2.33. The number of ether oxygens (including phenoxy) is 1. The van der Waals surface area contributed by atoms with Crippen molar-refractivity contribution in [2.24, 2.45) is 0 Å². The van der Waals surface area contributed by atoms with Gasteiger partial charge in [0.2, 0.25) is 15.9 Å². The summed E-state index contributed by atoms with van der Waals surface area (Å²) < 4.78 is 32.5. The summed E-state index contributed by atoms with van der Waals surface area (Å²) >= 11 is 0. The van der Waals surface area contributed by atoms with Gasteiger partial charge in [0.1, 0.15) is 5.75 Å². The third-order valence-corrected chi connectivity index (χ3v) is 5.07. The number of anilines is 1. The zero-order valence-electron chi connectivity index (χ0n) is 14.5. The fourth-order valence-electron chi connectivity index (χ4n) is 2.38. The molecule has 0 radical (unpaired) electrons. The molecule has 0 bridgehead atoms. The molecule has 0 aromatic heterocycles. The van der Waals surface area contributed by atoms with Crippen molar-refractivity contribution < 1.29 is 17.9 Å². The standard InChI is InChI=1S/C18H22N2O4S/c1-4-24-16-8-6-5-7-15(16)20-18(21)12-19-25(22,23)17-10-9-13(2)11-14(17)3/h5-11,19H,4,12H2,1-3H3,(H,20,21). The molecular formula is C18H22N2O4S. The molecule has 0 unspecified atom stereocenters. The van der Waals surface area contributed by atoms with Crippen molar-refractivity contribution in [3.8, 4) is 5.75 Å². The van der Waals surface area contributed by atoms with Crippen molar-refractivity contribution in [2.45, 2.75) is 25.7 Å². The van der Waals surface area contributed by atoms with E-state index < -0.39 is 15.9 Å². The highest BCUT2D eigenvalue weighted by Crippen LogP contribution is 2.23. The number of sulfonamides is 1. The summed E-state index contributed by atoms with van der Waals surface area (Å²) in [7, 11) is -3.76. The molecule has 0 atom stereocenters. The minimum absolute atomic E-state index is 0.167. The van der Waals surface area contributed by atoms with Crippen LogP contribution in [0.3, 0.4) is 0 Å². The highest BCUT2D eigenvalue weighted by atomic mass is 32.2. The number of nitrogens with one attached hydrogen (secondary N) is 2. The van der Waals surface area contributed by atoms with Gasteiger partial charge in [0.25, 0.3) is 0 Å². The van der Waals surface area contributed by atoms with Crippen molar-refractivity contribution in [1.82, 2.24) is 4.72 Å². The van der Waals surface area contributed by atoms with Gasteiger partial charge < -0.3 is 10.1 Å². The Morgan fingerprint density at radius 2 is 1.84 bits per heavy atom. The summed E-state index contributed by atoms with van der Waals surface area (Å²) in [4.78, 5) is 12.3. The normalized spacial score (nSPS) is 11.2. The molecule has 0 heterocycles. The van der Waals surface area contributed by atoms with Gasteiger partial charge in [-0.25, -0.2) is 13.1 Å². The van der Waals surface area contributed by atoms with E-state index in [0.29, 0.717) is 23.6 Å². The van der Waals surface area contributed by atoms with Crippen LogP contribution in [0.1, 0.15) is 18.1 Å². The van der Waals surface area contributed by atoms with E-state index in [1.54, 1.807) is 43.3 Å². The van der Waals surface area contributed by atoms with Crippen molar-refractivity contribution >= 4 is 21.6 Å². The first-order valence-corrected chi connectivity index (χ1v) is 9.40. The molecule has 0 saturated carbocycles. The maximum Gasteiger partial charge on any atom is 0.241 e. The fraction of sp³-hybridized carbons (Fsp3) is 0.278. The summed E-state index contributed by atoms with van der Waals surface area (Å²) in [5.74, 6) is 0.0658. The highest BCUT2D eigenvalue weighted by Gasteiger charge is 2.18. The number of rotatable bonds is 7. The maximum absolute atomic E-state index is 12.4. The molecule has 0 spiro atoms. The molecule has 0 aliphatic heterocycles. The van der Waals surface area contributed by atoms with Crippen molar-refractivity contribution in [2.75, 3.05) is 18.5 Å². The van der Waals surface area contributed by atoms with E-state index in [0.717, 1.165) is 5.56 Å². The first kappa shape index (κ1) is 19.0. The Bertz CT molecular complexity index is 863. The van der Waals surface area contributed by atoms with E-state index in [4.69, 9.17) is 4.74 Å². The topological polar surface area (TPSA) is 84.5 Å². The highest BCUT2D eigenvalue weighted by molar-refractivity contribution is 7.89. The minimum Gasteiger partial charge on any atom is -0.492 e. The predicted octanol–water partition coefficient (Wildman–Crippen LogP) is 2.62. The second-order valence-electron chi connectivity index (χ2n) is 5.57. The van der Waals surface area contributed by atoms with Crippen LogP contribution in [0.2, 0.25) is 0 Å². The van der Waals surface area contributed by atoms with E-state index >= 15 is 0 Å². The van der Waals surface area contributed by atoms with Crippen LogP contribution in [0.5, 0.6) is 5.75 Å². The average molecular weight is 362 g/mol. The zero-order valence-corrected chi connectivity index (χ0v) is 15.3. The van der Waals surface area contributed by atoms with Crippen LogP contribution in [0.25, 0.3) is 0 Å². The van der Waals surface area contributed by atoms with Crippen molar-refractivity contribution in [3.05, 3.63) is 53.6 Å². The second kappa shape index (κ2) is 8.13. The first-order valence-electron chi connectivity index (χ1n) is 7.92. The Balaban J connectivity index is 2.04. The van der Waals surface area contributed by atoms with Crippen LogP contribution in [0.4, 0.5) is 5.69 Å². The van der Waals surface area contributed by atoms with E-state index in [-0.39, 0.29) is 11.4 Å². The molecule has 1 amide bonds. The number of carbonyl (C=O) groups excluding carboxylic acids is 1. The molecule has 0 saturated heterocycles. The van der Waals surface area contributed by atoms with Gasteiger partial charge in [-0.1, -0.05) is 29.8 Å². The molecular weight excluding hydrogens is 340 g/mol. The SMILES string of the molecule is CCOc1ccccc1NC(=O)CNS(=O)(=O)c1ccc(C)cc1C. The first-order chi connectivity index (χ1) is 11.8. The van der Waals surface area contributed by atoms with Gasteiger partial charge in [-0.3, -0.25) is 4.79 Å². The average Bonchev–Trinajstić information content (AvgIpc) is 2.55. The monoisotopic (exact) mass is 362 g/mol. The van der Waals surface area contributed by atoms with Crippen LogP contribution >= 0.6 is 0 Å². The van der Waals surface area contributed by atoms with Crippen LogP contribution in [0, 0.1) is 13.8 Å². The number of amides is 1. The molecule has 2 rings (SSSR count). The van der Waals surface area contributed by atoms with E-state index in [2.05, 4.69) is 10.0 Å². The lowest BCUT2D eigenvalue weighted by atomic mass is 10.2. The molecule has 2 aromatic carbocycles. The summed E-state index contributed by atoms with van der Waals surface area (Å²) in [6, 6.07) is 12.0. The molecule has 6 nitrogen and oxygen atoms in total. The van der Waals surface area contributed by atoms with Gasteiger partial charge in [0.05, 0.1) is 23.7 Å². The van der Waals surface area contributed by atoms with Crippen molar-refractivity contribution in [1.29, 1.82) is 0 Å². The zero-order chi connectivity index (χ0) is 18.4. The molecule has 0 fully saturated rings. The molecule has 2 aromatic rings. The van der Waals surface area contributed by atoms with Crippen LogP contribution in [-0.4, -0.2) is 27.5 Å². The Morgan fingerprint density at radius 3 is 2.52 bits per heavy atom. The number of aryl methyl sites for hydroxylation is 2. The smallest absolute Gasteiger partial charge is 0.241 e. The lowest BCUT2D eigenvalue weighted by molar-refractivity contribution is -0.115. The van der Waals surface area contributed by atoms with E-state index in [9.17, 15) is 13.2 Å².